The molecule has 0 saturated carbocycles. The number of nitrogens with one attached hydrogen (secondary N) is 2. The zero-order chi connectivity index (χ0) is 19.1. The first kappa shape index (κ1) is 19.6. The minimum absolute atomic E-state index is 0.142. The van der Waals surface area contributed by atoms with E-state index in [0.717, 1.165) is 37.7 Å². The zero-order valence-electron chi connectivity index (χ0n) is 15.9. The Labute approximate surface area is 166 Å². The van der Waals surface area contributed by atoms with Crippen molar-refractivity contribution in [1.82, 2.24) is 10.2 Å². The summed E-state index contributed by atoms with van der Waals surface area (Å²) in [6.07, 6.45) is 0. The van der Waals surface area contributed by atoms with Crippen molar-refractivity contribution in [1.29, 1.82) is 0 Å². The van der Waals surface area contributed by atoms with Crippen LogP contribution < -0.4 is 15.4 Å². The lowest BCUT2D eigenvalue weighted by molar-refractivity contribution is 0.0102. The highest BCUT2D eigenvalue weighted by atomic mass is 32.1. The Morgan fingerprint density at radius 2 is 1.74 bits per heavy atom. The molecule has 0 aliphatic carbocycles. The molecule has 0 unspecified atom stereocenters. The monoisotopic (exact) mass is 385 g/mol. The smallest absolute Gasteiger partial charge is 0.171 e. The molecular formula is C21H27N3O2S. The fourth-order valence-corrected chi connectivity index (χ4v) is 3.75. The van der Waals surface area contributed by atoms with Crippen LogP contribution in [-0.2, 0) is 4.74 Å². The predicted octanol–water partition coefficient (Wildman–Crippen LogP) is 3.44. The van der Waals surface area contributed by atoms with Gasteiger partial charge < -0.3 is 20.1 Å². The van der Waals surface area contributed by atoms with Crippen LogP contribution in [0.2, 0.25) is 0 Å². The van der Waals surface area contributed by atoms with E-state index in [2.05, 4.69) is 46.7 Å². The quantitative estimate of drug-likeness (QED) is 0.743. The summed E-state index contributed by atoms with van der Waals surface area (Å²) in [5.74, 6) is 0.823. The third kappa shape index (κ3) is 5.42. The Morgan fingerprint density at radius 1 is 1.07 bits per heavy atom. The molecule has 27 heavy (non-hydrogen) atoms. The van der Waals surface area contributed by atoms with Gasteiger partial charge in [-0.2, -0.15) is 0 Å². The van der Waals surface area contributed by atoms with Crippen LogP contribution in [0.4, 0.5) is 5.69 Å². The van der Waals surface area contributed by atoms with Gasteiger partial charge in [0.15, 0.2) is 5.11 Å². The number of anilines is 1. The summed E-state index contributed by atoms with van der Waals surface area (Å²) in [6.45, 7) is 5.55. The Kier molecular flexibility index (Phi) is 7.04. The highest BCUT2D eigenvalue weighted by molar-refractivity contribution is 7.80. The Morgan fingerprint density at radius 3 is 2.37 bits per heavy atom. The highest BCUT2D eigenvalue weighted by Crippen LogP contribution is 2.25. The molecular weight excluding hydrogens is 358 g/mol. The fourth-order valence-electron chi connectivity index (χ4n) is 3.45. The molecule has 1 aliphatic heterocycles. The lowest BCUT2D eigenvalue weighted by atomic mass is 9.98. The molecule has 2 N–H and O–H groups in total. The standard InChI is InChI=1S/C21H27N3O2S/c1-16(22-21(27)23-18-8-10-19(25-2)11-9-18)20(17-6-4-3-5-7-17)24-12-14-26-15-13-24/h3-11,16,20H,12-15H2,1-2H3,(H2,22,23,27)/t16-,20+/m0/s1. The number of hydrogen-bond acceptors (Lipinski definition) is 4. The maximum Gasteiger partial charge on any atom is 0.171 e. The molecule has 2 atom stereocenters. The van der Waals surface area contributed by atoms with Gasteiger partial charge in [0, 0.05) is 24.8 Å². The second-order valence-corrected chi connectivity index (χ2v) is 7.03. The van der Waals surface area contributed by atoms with Gasteiger partial charge in [-0.25, -0.2) is 0 Å². The Bertz CT molecular complexity index is 718. The normalized spacial score (nSPS) is 17.0. The van der Waals surface area contributed by atoms with E-state index in [4.69, 9.17) is 21.7 Å². The maximum atomic E-state index is 5.55. The summed E-state index contributed by atoms with van der Waals surface area (Å²) in [7, 11) is 1.66. The fraction of sp³-hybridized carbons (Fsp3) is 0.381. The number of benzene rings is 2. The van der Waals surface area contributed by atoms with Crippen LogP contribution in [0.3, 0.4) is 0 Å². The third-order valence-corrected chi connectivity index (χ3v) is 4.98. The molecule has 1 aliphatic rings. The van der Waals surface area contributed by atoms with E-state index in [9.17, 15) is 0 Å². The summed E-state index contributed by atoms with van der Waals surface area (Å²) in [5.41, 5.74) is 2.22. The first-order chi connectivity index (χ1) is 13.2. The molecule has 144 valence electrons. The third-order valence-electron chi connectivity index (χ3n) is 4.76. The van der Waals surface area contributed by atoms with Gasteiger partial charge >= 0.3 is 0 Å². The molecule has 0 spiro atoms. The van der Waals surface area contributed by atoms with Crippen LogP contribution in [0.5, 0.6) is 5.75 Å². The average Bonchev–Trinajstić information content (AvgIpc) is 2.70. The molecule has 1 heterocycles. The van der Waals surface area contributed by atoms with Crippen molar-refractivity contribution in [2.45, 2.75) is 19.0 Å². The van der Waals surface area contributed by atoms with Crippen LogP contribution in [0, 0.1) is 0 Å². The SMILES string of the molecule is COc1ccc(NC(=S)N[C@@H](C)[C@H](c2ccccc2)N2CCOCC2)cc1. The number of morpholine rings is 1. The van der Waals surface area contributed by atoms with E-state index >= 15 is 0 Å². The highest BCUT2D eigenvalue weighted by Gasteiger charge is 2.28. The van der Waals surface area contributed by atoms with E-state index in [1.807, 2.05) is 30.3 Å². The lowest BCUT2D eigenvalue weighted by Crippen LogP contribution is -2.49. The van der Waals surface area contributed by atoms with E-state index < -0.39 is 0 Å². The minimum Gasteiger partial charge on any atom is -0.497 e. The summed E-state index contributed by atoms with van der Waals surface area (Å²) < 4.78 is 10.7. The molecule has 0 amide bonds. The largest absolute Gasteiger partial charge is 0.497 e. The van der Waals surface area contributed by atoms with Crippen molar-refractivity contribution in [3.05, 3.63) is 60.2 Å². The van der Waals surface area contributed by atoms with Gasteiger partial charge in [0.05, 0.1) is 26.4 Å². The molecule has 1 fully saturated rings. The summed E-state index contributed by atoms with van der Waals surface area (Å²) in [6, 6.07) is 18.7. The van der Waals surface area contributed by atoms with Gasteiger partial charge in [-0.3, -0.25) is 4.90 Å². The molecule has 0 bridgehead atoms. The second-order valence-electron chi connectivity index (χ2n) is 6.62. The molecule has 0 radical (unpaired) electrons. The van der Waals surface area contributed by atoms with Gasteiger partial charge in [-0.1, -0.05) is 30.3 Å². The van der Waals surface area contributed by atoms with Crippen molar-refractivity contribution < 1.29 is 9.47 Å². The number of hydrogen-bond donors (Lipinski definition) is 2. The molecule has 2 aromatic rings. The molecule has 3 rings (SSSR count). The van der Waals surface area contributed by atoms with Crippen molar-refractivity contribution in [2.75, 3.05) is 38.7 Å². The van der Waals surface area contributed by atoms with Gasteiger partial charge in [0.2, 0.25) is 0 Å². The van der Waals surface area contributed by atoms with Gasteiger partial charge in [0.25, 0.3) is 0 Å². The van der Waals surface area contributed by atoms with Crippen LogP contribution >= 0.6 is 12.2 Å². The first-order valence-corrected chi connectivity index (χ1v) is 9.66. The summed E-state index contributed by atoms with van der Waals surface area (Å²) >= 11 is 5.55. The van der Waals surface area contributed by atoms with Gasteiger partial charge in [-0.15, -0.1) is 0 Å². The van der Waals surface area contributed by atoms with E-state index in [0.29, 0.717) is 5.11 Å². The van der Waals surface area contributed by atoms with Crippen LogP contribution in [0.15, 0.2) is 54.6 Å². The van der Waals surface area contributed by atoms with Gasteiger partial charge in [-0.05, 0) is 49.0 Å². The topological polar surface area (TPSA) is 45.8 Å². The van der Waals surface area contributed by atoms with Crippen molar-refractivity contribution in [3.63, 3.8) is 0 Å². The molecule has 2 aromatic carbocycles. The second kappa shape index (κ2) is 9.69. The zero-order valence-corrected chi connectivity index (χ0v) is 16.7. The lowest BCUT2D eigenvalue weighted by Gasteiger charge is -2.38. The van der Waals surface area contributed by atoms with Crippen LogP contribution in [0.25, 0.3) is 0 Å². The van der Waals surface area contributed by atoms with Crippen molar-refractivity contribution >= 4 is 23.0 Å². The molecule has 0 aromatic heterocycles. The van der Waals surface area contributed by atoms with E-state index in [-0.39, 0.29) is 12.1 Å². The summed E-state index contributed by atoms with van der Waals surface area (Å²) in [5, 5.41) is 7.33. The average molecular weight is 386 g/mol. The molecule has 5 nitrogen and oxygen atoms in total. The number of ether oxygens (including phenoxy) is 2. The molecule has 1 saturated heterocycles. The number of nitrogens with zero attached hydrogens (tertiary/aromatic N) is 1. The Balaban J connectivity index is 1.67. The minimum atomic E-state index is 0.142. The van der Waals surface area contributed by atoms with E-state index in [1.165, 1.54) is 5.56 Å². The van der Waals surface area contributed by atoms with Crippen molar-refractivity contribution in [3.8, 4) is 5.75 Å². The van der Waals surface area contributed by atoms with E-state index in [1.54, 1.807) is 7.11 Å². The summed E-state index contributed by atoms with van der Waals surface area (Å²) in [4.78, 5) is 2.46. The van der Waals surface area contributed by atoms with Crippen molar-refractivity contribution in [2.24, 2.45) is 0 Å². The Hall–Kier alpha value is -2.15. The molecule has 6 heteroatoms. The predicted molar refractivity (Wildman–Crippen MR) is 113 cm³/mol. The van der Waals surface area contributed by atoms with Crippen LogP contribution in [-0.4, -0.2) is 49.5 Å². The number of methoxy groups -OCH3 is 1. The maximum absolute atomic E-state index is 5.55. The van der Waals surface area contributed by atoms with Gasteiger partial charge in [0.1, 0.15) is 5.75 Å². The first-order valence-electron chi connectivity index (χ1n) is 9.25. The number of rotatable bonds is 6. The van der Waals surface area contributed by atoms with Crippen LogP contribution in [0.1, 0.15) is 18.5 Å². The number of thiocarbonyl (C=S) groups is 1.